The molecule has 0 spiro atoms. The Morgan fingerprint density at radius 1 is 1.20 bits per heavy atom. The summed E-state index contributed by atoms with van der Waals surface area (Å²) in [5.74, 6) is 0.291. The molecule has 88 valence electrons. The summed E-state index contributed by atoms with van der Waals surface area (Å²) in [7, 11) is 0. The molecule has 4 N–H and O–H groups in total. The first-order valence-electron chi connectivity index (χ1n) is 5.97. The van der Waals surface area contributed by atoms with Gasteiger partial charge < -0.3 is 16.4 Å². The minimum Gasteiger partial charge on any atom is -0.343 e. The highest BCUT2D eigenvalue weighted by molar-refractivity contribution is 5.76. The second-order valence-corrected chi connectivity index (χ2v) is 4.32. The number of likely N-dealkylation sites (tertiary alicyclic amines) is 1. The van der Waals surface area contributed by atoms with Gasteiger partial charge in [-0.25, -0.2) is 0 Å². The number of nitrogens with zero attached hydrogens (tertiary/aromatic N) is 1. The molecule has 0 unspecified atom stereocenters. The predicted molar refractivity (Wildman–Crippen MR) is 61.3 cm³/mol. The number of carbonyl (C=O) groups excluding carboxylic acids is 1. The molecule has 1 saturated heterocycles. The topological polar surface area (TPSA) is 72.4 Å². The Bertz CT molecular complexity index is 188. The summed E-state index contributed by atoms with van der Waals surface area (Å²) in [5.41, 5.74) is 11.2. The average Bonchev–Trinajstić information content (AvgIpc) is 2.25. The molecule has 0 radical (unpaired) electrons. The highest BCUT2D eigenvalue weighted by Gasteiger charge is 2.19. The summed E-state index contributed by atoms with van der Waals surface area (Å²) in [6, 6.07) is 0.297. The molecule has 1 fully saturated rings. The fourth-order valence-electron chi connectivity index (χ4n) is 1.90. The number of piperidine rings is 1. The van der Waals surface area contributed by atoms with Gasteiger partial charge in [0, 0.05) is 25.6 Å². The van der Waals surface area contributed by atoms with Gasteiger partial charge in [0.25, 0.3) is 0 Å². The van der Waals surface area contributed by atoms with Crippen molar-refractivity contribution in [2.75, 3.05) is 19.6 Å². The van der Waals surface area contributed by atoms with E-state index >= 15 is 0 Å². The maximum Gasteiger partial charge on any atom is 0.222 e. The minimum absolute atomic E-state index is 0.291. The van der Waals surface area contributed by atoms with E-state index in [-0.39, 0.29) is 0 Å². The zero-order chi connectivity index (χ0) is 11.1. The van der Waals surface area contributed by atoms with Gasteiger partial charge in [-0.1, -0.05) is 6.42 Å². The Kier molecular flexibility index (Phi) is 5.65. The average molecular weight is 213 g/mol. The lowest BCUT2D eigenvalue weighted by atomic mass is 10.1. The van der Waals surface area contributed by atoms with Crippen molar-refractivity contribution >= 4 is 5.91 Å². The van der Waals surface area contributed by atoms with Crippen LogP contribution in [0, 0.1) is 0 Å². The van der Waals surface area contributed by atoms with Crippen molar-refractivity contribution in [3.8, 4) is 0 Å². The van der Waals surface area contributed by atoms with E-state index in [1.807, 2.05) is 4.90 Å². The Hall–Kier alpha value is -0.610. The fraction of sp³-hybridized carbons (Fsp3) is 0.909. The molecule has 4 heteroatoms. The summed E-state index contributed by atoms with van der Waals surface area (Å²) < 4.78 is 0. The number of amides is 1. The van der Waals surface area contributed by atoms with Crippen molar-refractivity contribution in [3.05, 3.63) is 0 Å². The van der Waals surface area contributed by atoms with Crippen LogP contribution in [0.5, 0.6) is 0 Å². The van der Waals surface area contributed by atoms with E-state index in [2.05, 4.69) is 0 Å². The number of hydrogen-bond acceptors (Lipinski definition) is 3. The lowest BCUT2D eigenvalue weighted by Gasteiger charge is -2.30. The van der Waals surface area contributed by atoms with E-state index in [0.717, 1.165) is 51.7 Å². The van der Waals surface area contributed by atoms with Crippen molar-refractivity contribution in [1.29, 1.82) is 0 Å². The molecule has 0 aromatic carbocycles. The van der Waals surface area contributed by atoms with Crippen LogP contribution in [0.25, 0.3) is 0 Å². The van der Waals surface area contributed by atoms with Crippen molar-refractivity contribution in [3.63, 3.8) is 0 Å². The van der Waals surface area contributed by atoms with Crippen molar-refractivity contribution in [1.82, 2.24) is 4.90 Å². The van der Waals surface area contributed by atoms with Gasteiger partial charge in [0.15, 0.2) is 0 Å². The fourth-order valence-corrected chi connectivity index (χ4v) is 1.90. The second kappa shape index (κ2) is 6.80. The summed E-state index contributed by atoms with van der Waals surface area (Å²) in [5, 5.41) is 0. The molecule has 1 aliphatic heterocycles. The van der Waals surface area contributed by atoms with Gasteiger partial charge in [-0.3, -0.25) is 4.79 Å². The van der Waals surface area contributed by atoms with Gasteiger partial charge >= 0.3 is 0 Å². The maximum atomic E-state index is 11.7. The summed E-state index contributed by atoms with van der Waals surface area (Å²) in [6.07, 6.45) is 5.64. The van der Waals surface area contributed by atoms with Crippen LogP contribution in [-0.4, -0.2) is 36.5 Å². The molecule has 1 amide bonds. The van der Waals surface area contributed by atoms with E-state index in [1.165, 1.54) is 0 Å². The van der Waals surface area contributed by atoms with E-state index < -0.39 is 0 Å². The molecule has 0 aromatic heterocycles. The quantitative estimate of drug-likeness (QED) is 0.651. The first-order valence-corrected chi connectivity index (χ1v) is 5.97. The number of carbonyl (C=O) groups is 1. The van der Waals surface area contributed by atoms with Crippen LogP contribution in [-0.2, 0) is 4.79 Å². The van der Waals surface area contributed by atoms with Crippen LogP contribution < -0.4 is 11.5 Å². The minimum atomic E-state index is 0.291. The Labute approximate surface area is 92.0 Å². The first kappa shape index (κ1) is 12.5. The van der Waals surface area contributed by atoms with Crippen molar-refractivity contribution in [2.45, 2.75) is 44.6 Å². The molecule has 0 bridgehead atoms. The lowest BCUT2D eigenvalue weighted by Crippen LogP contribution is -2.42. The number of rotatable bonds is 5. The molecule has 1 heterocycles. The molecular formula is C11H23N3O. The molecule has 0 saturated carbocycles. The molecule has 0 aliphatic carbocycles. The Morgan fingerprint density at radius 3 is 2.47 bits per heavy atom. The number of unbranched alkanes of at least 4 members (excludes halogenated alkanes) is 2. The summed E-state index contributed by atoms with van der Waals surface area (Å²) >= 11 is 0. The van der Waals surface area contributed by atoms with Gasteiger partial charge in [0.2, 0.25) is 5.91 Å². The molecular weight excluding hydrogens is 190 g/mol. The summed E-state index contributed by atoms with van der Waals surface area (Å²) in [4.78, 5) is 13.7. The van der Waals surface area contributed by atoms with E-state index in [9.17, 15) is 4.79 Å². The third kappa shape index (κ3) is 4.62. The van der Waals surface area contributed by atoms with Gasteiger partial charge in [-0.2, -0.15) is 0 Å². The van der Waals surface area contributed by atoms with Crippen LogP contribution in [0.3, 0.4) is 0 Å². The molecule has 1 aliphatic rings. The SMILES string of the molecule is NCCCCCC(=O)N1CCC(N)CC1. The van der Waals surface area contributed by atoms with Crippen LogP contribution in [0.1, 0.15) is 38.5 Å². The molecule has 1 rings (SSSR count). The van der Waals surface area contributed by atoms with Gasteiger partial charge in [-0.15, -0.1) is 0 Å². The van der Waals surface area contributed by atoms with Gasteiger partial charge in [0.1, 0.15) is 0 Å². The zero-order valence-electron chi connectivity index (χ0n) is 9.45. The third-order valence-corrected chi connectivity index (χ3v) is 2.99. The van der Waals surface area contributed by atoms with Crippen LogP contribution in [0.4, 0.5) is 0 Å². The van der Waals surface area contributed by atoms with E-state index in [1.54, 1.807) is 0 Å². The molecule has 0 aromatic rings. The van der Waals surface area contributed by atoms with Crippen LogP contribution in [0.2, 0.25) is 0 Å². The third-order valence-electron chi connectivity index (χ3n) is 2.99. The number of nitrogens with two attached hydrogens (primary N) is 2. The molecule has 4 nitrogen and oxygen atoms in total. The van der Waals surface area contributed by atoms with E-state index in [4.69, 9.17) is 11.5 Å². The Balaban J connectivity index is 2.11. The van der Waals surface area contributed by atoms with Crippen molar-refractivity contribution < 1.29 is 4.79 Å². The standard InChI is InChI=1S/C11H23N3O/c12-7-3-1-2-4-11(15)14-8-5-10(13)6-9-14/h10H,1-9,12-13H2. The first-order chi connectivity index (χ1) is 7.24. The molecule has 0 atom stereocenters. The van der Waals surface area contributed by atoms with Gasteiger partial charge in [0.05, 0.1) is 0 Å². The highest BCUT2D eigenvalue weighted by atomic mass is 16.2. The Morgan fingerprint density at radius 2 is 1.87 bits per heavy atom. The highest BCUT2D eigenvalue weighted by Crippen LogP contribution is 2.11. The normalized spacial score (nSPS) is 18.1. The van der Waals surface area contributed by atoms with Crippen molar-refractivity contribution in [2.24, 2.45) is 11.5 Å². The van der Waals surface area contributed by atoms with Crippen LogP contribution in [0.15, 0.2) is 0 Å². The smallest absolute Gasteiger partial charge is 0.222 e. The summed E-state index contributed by atoms with van der Waals surface area (Å²) in [6.45, 7) is 2.42. The second-order valence-electron chi connectivity index (χ2n) is 4.32. The zero-order valence-corrected chi connectivity index (χ0v) is 9.45. The molecule has 15 heavy (non-hydrogen) atoms. The van der Waals surface area contributed by atoms with Crippen LogP contribution >= 0.6 is 0 Å². The van der Waals surface area contributed by atoms with Gasteiger partial charge in [-0.05, 0) is 32.2 Å². The lowest BCUT2D eigenvalue weighted by molar-refractivity contribution is -0.132. The predicted octanol–water partition coefficient (Wildman–Crippen LogP) is 0.455. The largest absolute Gasteiger partial charge is 0.343 e. The number of hydrogen-bond donors (Lipinski definition) is 2. The monoisotopic (exact) mass is 213 g/mol. The maximum absolute atomic E-state index is 11.7. The van der Waals surface area contributed by atoms with E-state index in [0.29, 0.717) is 18.4 Å².